The quantitative estimate of drug-likeness (QED) is 0.825. The fourth-order valence-electron chi connectivity index (χ4n) is 2.50. The van der Waals surface area contributed by atoms with Gasteiger partial charge in [0.15, 0.2) is 11.6 Å². The molecule has 2 fully saturated rings. The molecule has 0 aromatic carbocycles. The lowest BCUT2D eigenvalue weighted by Crippen LogP contribution is -2.19. The lowest BCUT2D eigenvalue weighted by Gasteiger charge is -2.16. The second-order valence-corrected chi connectivity index (χ2v) is 5.05. The SMILES string of the molecule is Fc1cccnc1NCC(C1CC1)C1CC1. The van der Waals surface area contributed by atoms with Crippen LogP contribution in [-0.2, 0) is 0 Å². The molecular weight excluding hydrogens is 203 g/mol. The molecular formula is C13H17FN2. The van der Waals surface area contributed by atoms with E-state index in [1.54, 1.807) is 12.3 Å². The summed E-state index contributed by atoms with van der Waals surface area (Å²) in [6, 6.07) is 3.08. The van der Waals surface area contributed by atoms with Gasteiger partial charge in [0.25, 0.3) is 0 Å². The van der Waals surface area contributed by atoms with Gasteiger partial charge in [0, 0.05) is 12.7 Å². The van der Waals surface area contributed by atoms with Crippen molar-refractivity contribution in [2.24, 2.45) is 17.8 Å². The van der Waals surface area contributed by atoms with Gasteiger partial charge in [-0.3, -0.25) is 0 Å². The zero-order chi connectivity index (χ0) is 11.0. The average Bonchev–Trinajstić information content (AvgIpc) is 3.15. The molecule has 0 aliphatic heterocycles. The minimum atomic E-state index is -0.243. The van der Waals surface area contributed by atoms with Crippen molar-refractivity contribution >= 4 is 5.82 Å². The standard InChI is InChI=1S/C13H17FN2/c14-12-2-1-7-15-13(12)16-8-11(9-3-4-9)10-5-6-10/h1-2,7,9-11H,3-6,8H2,(H,15,16). The van der Waals surface area contributed by atoms with Crippen molar-refractivity contribution in [1.29, 1.82) is 0 Å². The number of nitrogens with zero attached hydrogens (tertiary/aromatic N) is 1. The molecule has 3 rings (SSSR count). The molecule has 1 aromatic rings. The molecule has 16 heavy (non-hydrogen) atoms. The maximum absolute atomic E-state index is 13.3. The molecule has 0 amide bonds. The van der Waals surface area contributed by atoms with Gasteiger partial charge in [-0.25, -0.2) is 9.37 Å². The maximum atomic E-state index is 13.3. The first-order valence-electron chi connectivity index (χ1n) is 6.19. The van der Waals surface area contributed by atoms with Gasteiger partial charge in [-0.2, -0.15) is 0 Å². The third-order valence-corrected chi connectivity index (χ3v) is 3.72. The summed E-state index contributed by atoms with van der Waals surface area (Å²) >= 11 is 0. The Labute approximate surface area is 95.3 Å². The first-order valence-corrected chi connectivity index (χ1v) is 6.19. The first kappa shape index (κ1) is 10.1. The van der Waals surface area contributed by atoms with Crippen molar-refractivity contribution in [1.82, 2.24) is 4.98 Å². The van der Waals surface area contributed by atoms with Crippen LogP contribution in [0.3, 0.4) is 0 Å². The van der Waals surface area contributed by atoms with Gasteiger partial charge in [-0.05, 0) is 55.6 Å². The molecule has 0 saturated heterocycles. The average molecular weight is 220 g/mol. The van der Waals surface area contributed by atoms with Crippen LogP contribution < -0.4 is 5.32 Å². The third-order valence-electron chi connectivity index (χ3n) is 3.72. The van der Waals surface area contributed by atoms with E-state index in [-0.39, 0.29) is 5.82 Å². The second-order valence-electron chi connectivity index (χ2n) is 5.05. The van der Waals surface area contributed by atoms with Gasteiger partial charge in [0.05, 0.1) is 0 Å². The topological polar surface area (TPSA) is 24.9 Å². The number of anilines is 1. The number of nitrogens with one attached hydrogen (secondary N) is 1. The molecule has 0 atom stereocenters. The van der Waals surface area contributed by atoms with E-state index in [2.05, 4.69) is 10.3 Å². The molecule has 2 nitrogen and oxygen atoms in total. The molecule has 0 radical (unpaired) electrons. The molecule has 86 valence electrons. The van der Waals surface area contributed by atoms with E-state index in [4.69, 9.17) is 0 Å². The van der Waals surface area contributed by atoms with Crippen LogP contribution in [0.1, 0.15) is 25.7 Å². The Morgan fingerprint density at radius 1 is 1.31 bits per heavy atom. The normalized spacial score (nSPS) is 20.1. The van der Waals surface area contributed by atoms with E-state index < -0.39 is 0 Å². The first-order chi connectivity index (χ1) is 7.84. The predicted molar refractivity (Wildman–Crippen MR) is 61.6 cm³/mol. The second kappa shape index (κ2) is 4.04. The number of rotatable bonds is 5. The van der Waals surface area contributed by atoms with Crippen molar-refractivity contribution < 1.29 is 4.39 Å². The van der Waals surface area contributed by atoms with Crippen molar-refractivity contribution in [3.05, 3.63) is 24.1 Å². The van der Waals surface area contributed by atoms with E-state index in [9.17, 15) is 4.39 Å². The summed E-state index contributed by atoms with van der Waals surface area (Å²) in [5.74, 6) is 2.71. The molecule has 2 aliphatic carbocycles. The molecule has 1 heterocycles. The molecule has 0 bridgehead atoms. The fraction of sp³-hybridized carbons (Fsp3) is 0.615. The minimum Gasteiger partial charge on any atom is -0.367 e. The van der Waals surface area contributed by atoms with E-state index in [1.807, 2.05) is 0 Å². The van der Waals surface area contributed by atoms with Gasteiger partial charge in [0.2, 0.25) is 0 Å². The fourth-order valence-corrected chi connectivity index (χ4v) is 2.50. The van der Waals surface area contributed by atoms with Crippen molar-refractivity contribution in [2.45, 2.75) is 25.7 Å². The lowest BCUT2D eigenvalue weighted by atomic mass is 9.98. The summed E-state index contributed by atoms with van der Waals surface area (Å²) in [5, 5.41) is 3.17. The zero-order valence-corrected chi connectivity index (χ0v) is 9.32. The highest BCUT2D eigenvalue weighted by atomic mass is 19.1. The summed E-state index contributed by atoms with van der Waals surface area (Å²) in [6.07, 6.45) is 7.11. The van der Waals surface area contributed by atoms with Gasteiger partial charge < -0.3 is 5.32 Å². The number of halogens is 1. The summed E-state index contributed by atoms with van der Waals surface area (Å²) in [7, 11) is 0. The smallest absolute Gasteiger partial charge is 0.165 e. The van der Waals surface area contributed by atoms with Crippen molar-refractivity contribution in [3.8, 4) is 0 Å². The van der Waals surface area contributed by atoms with Crippen LogP contribution in [-0.4, -0.2) is 11.5 Å². The van der Waals surface area contributed by atoms with Crippen LogP contribution >= 0.6 is 0 Å². The highest BCUT2D eigenvalue weighted by molar-refractivity contribution is 5.35. The highest BCUT2D eigenvalue weighted by Gasteiger charge is 2.41. The molecule has 0 spiro atoms. The number of hydrogen-bond donors (Lipinski definition) is 1. The lowest BCUT2D eigenvalue weighted by molar-refractivity contribution is 0.426. The Hall–Kier alpha value is -1.12. The van der Waals surface area contributed by atoms with E-state index >= 15 is 0 Å². The van der Waals surface area contributed by atoms with E-state index in [0.717, 1.165) is 24.3 Å². The van der Waals surface area contributed by atoms with Crippen LogP contribution in [0.25, 0.3) is 0 Å². The summed E-state index contributed by atoms with van der Waals surface area (Å²) in [4.78, 5) is 4.02. The van der Waals surface area contributed by atoms with Crippen LogP contribution in [0.15, 0.2) is 18.3 Å². The number of aromatic nitrogens is 1. The van der Waals surface area contributed by atoms with Crippen LogP contribution in [0.2, 0.25) is 0 Å². The highest BCUT2D eigenvalue weighted by Crippen LogP contribution is 2.49. The monoisotopic (exact) mass is 220 g/mol. The van der Waals surface area contributed by atoms with Gasteiger partial charge in [0.1, 0.15) is 0 Å². The van der Waals surface area contributed by atoms with E-state index in [0.29, 0.717) is 5.82 Å². The zero-order valence-electron chi connectivity index (χ0n) is 9.32. The Morgan fingerprint density at radius 2 is 2.00 bits per heavy atom. The molecule has 0 unspecified atom stereocenters. The molecule has 1 N–H and O–H groups in total. The number of pyridine rings is 1. The molecule has 3 heteroatoms. The number of hydrogen-bond acceptors (Lipinski definition) is 2. The van der Waals surface area contributed by atoms with Gasteiger partial charge in [-0.15, -0.1) is 0 Å². The predicted octanol–water partition coefficient (Wildman–Crippen LogP) is 3.07. The minimum absolute atomic E-state index is 0.243. The Bertz CT molecular complexity index is 360. The van der Waals surface area contributed by atoms with Crippen LogP contribution in [0.5, 0.6) is 0 Å². The van der Waals surface area contributed by atoms with Crippen molar-refractivity contribution in [3.63, 3.8) is 0 Å². The Morgan fingerprint density at radius 3 is 2.56 bits per heavy atom. The summed E-state index contributed by atoms with van der Waals surface area (Å²) < 4.78 is 13.3. The van der Waals surface area contributed by atoms with Crippen LogP contribution in [0, 0.1) is 23.6 Å². The van der Waals surface area contributed by atoms with Crippen LogP contribution in [0.4, 0.5) is 10.2 Å². The molecule has 1 aromatic heterocycles. The maximum Gasteiger partial charge on any atom is 0.165 e. The molecule has 2 saturated carbocycles. The molecule has 2 aliphatic rings. The van der Waals surface area contributed by atoms with E-state index in [1.165, 1.54) is 31.7 Å². The van der Waals surface area contributed by atoms with Crippen molar-refractivity contribution in [2.75, 3.05) is 11.9 Å². The third kappa shape index (κ3) is 2.18. The largest absolute Gasteiger partial charge is 0.367 e. The summed E-state index contributed by atoms with van der Waals surface area (Å²) in [6.45, 7) is 0.892. The summed E-state index contributed by atoms with van der Waals surface area (Å²) in [5.41, 5.74) is 0. The Kier molecular flexibility index (Phi) is 2.54. The Balaban J connectivity index is 1.60. The van der Waals surface area contributed by atoms with Gasteiger partial charge >= 0.3 is 0 Å². The van der Waals surface area contributed by atoms with Gasteiger partial charge in [-0.1, -0.05) is 0 Å².